The maximum atomic E-state index is 9.57. The van der Waals surface area contributed by atoms with Crippen molar-refractivity contribution in [1.82, 2.24) is 4.37 Å². The van der Waals surface area contributed by atoms with E-state index >= 15 is 0 Å². The van der Waals surface area contributed by atoms with Gasteiger partial charge >= 0.3 is 0 Å². The lowest BCUT2D eigenvalue weighted by Gasteiger charge is -2.00. The summed E-state index contributed by atoms with van der Waals surface area (Å²) in [4.78, 5) is 0. The first-order valence-electron chi connectivity index (χ1n) is 3.98. The second-order valence-corrected chi connectivity index (χ2v) is 3.49. The number of para-hydroxylation sites is 1. The van der Waals surface area contributed by atoms with Gasteiger partial charge in [-0.25, -0.2) is 0 Å². The number of hydrogen-bond acceptors (Lipinski definition) is 3. The molecule has 3 heteroatoms. The molecule has 0 aliphatic carbocycles. The van der Waals surface area contributed by atoms with E-state index in [9.17, 15) is 5.11 Å². The lowest BCUT2D eigenvalue weighted by Crippen LogP contribution is -1.80. The zero-order valence-corrected chi connectivity index (χ0v) is 8.01. The molecule has 1 aromatic heterocycles. The number of phenols is 1. The summed E-state index contributed by atoms with van der Waals surface area (Å²) in [5.41, 5.74) is 2.79. The maximum Gasteiger partial charge on any atom is 0.125 e. The van der Waals surface area contributed by atoms with Crippen LogP contribution in [0.4, 0.5) is 0 Å². The minimum Gasteiger partial charge on any atom is -0.507 e. The first-order chi connectivity index (χ1) is 6.29. The Bertz CT molecular complexity index is 422. The van der Waals surface area contributed by atoms with Gasteiger partial charge in [0.2, 0.25) is 0 Å². The van der Waals surface area contributed by atoms with E-state index in [1.54, 1.807) is 12.1 Å². The van der Waals surface area contributed by atoms with E-state index in [0.29, 0.717) is 0 Å². The molecule has 0 fully saturated rings. The van der Waals surface area contributed by atoms with Crippen LogP contribution in [-0.4, -0.2) is 9.48 Å². The molecule has 2 rings (SSSR count). The third-order valence-electron chi connectivity index (χ3n) is 1.91. The summed E-state index contributed by atoms with van der Waals surface area (Å²) >= 11 is 1.41. The van der Waals surface area contributed by atoms with Crippen LogP contribution < -0.4 is 0 Å². The number of nitrogens with zero attached hydrogens (tertiary/aromatic N) is 1. The molecule has 1 aromatic carbocycles. The Labute approximate surface area is 80.6 Å². The number of phenolic OH excluding ortho intramolecular Hbond substituents is 1. The molecule has 0 aliphatic rings. The second-order valence-electron chi connectivity index (χ2n) is 2.86. The Morgan fingerprint density at radius 3 is 2.69 bits per heavy atom. The number of aromatic nitrogens is 1. The topological polar surface area (TPSA) is 33.1 Å². The van der Waals surface area contributed by atoms with E-state index < -0.39 is 0 Å². The van der Waals surface area contributed by atoms with Crippen molar-refractivity contribution in [1.29, 1.82) is 0 Å². The van der Waals surface area contributed by atoms with Crippen LogP contribution in [0.15, 0.2) is 29.6 Å². The van der Waals surface area contributed by atoms with Crippen LogP contribution in [0.1, 0.15) is 5.56 Å². The average Bonchev–Trinajstić information content (AvgIpc) is 2.52. The molecule has 0 radical (unpaired) electrons. The molecular weight excluding hydrogens is 182 g/mol. The maximum absolute atomic E-state index is 9.57. The molecule has 66 valence electrons. The lowest BCUT2D eigenvalue weighted by atomic mass is 10.1. The molecule has 2 aromatic rings. The van der Waals surface area contributed by atoms with Crippen LogP contribution in [0.2, 0.25) is 0 Å². The molecule has 2 nitrogen and oxygen atoms in total. The Kier molecular flexibility index (Phi) is 2.02. The van der Waals surface area contributed by atoms with Crippen molar-refractivity contribution in [3.8, 4) is 17.0 Å². The third kappa shape index (κ3) is 1.42. The van der Waals surface area contributed by atoms with Gasteiger partial charge in [0.15, 0.2) is 0 Å². The van der Waals surface area contributed by atoms with Gasteiger partial charge in [-0.3, -0.25) is 0 Å². The van der Waals surface area contributed by atoms with Crippen LogP contribution in [0.25, 0.3) is 11.3 Å². The van der Waals surface area contributed by atoms with E-state index in [4.69, 9.17) is 0 Å². The van der Waals surface area contributed by atoms with Gasteiger partial charge in [0.25, 0.3) is 0 Å². The van der Waals surface area contributed by atoms with E-state index in [1.807, 2.05) is 24.4 Å². The first-order valence-corrected chi connectivity index (χ1v) is 4.82. The standard InChI is InChI=1S/C10H9NOS/c1-7-6-13-11-10(7)8-4-2-3-5-9(8)12/h2-6,12H,1H3. The number of aromatic hydroxyl groups is 1. The van der Waals surface area contributed by atoms with Crippen molar-refractivity contribution in [3.63, 3.8) is 0 Å². The summed E-state index contributed by atoms with van der Waals surface area (Å²) in [7, 11) is 0. The fraction of sp³-hybridized carbons (Fsp3) is 0.100. The minimum atomic E-state index is 0.288. The van der Waals surface area contributed by atoms with Crippen molar-refractivity contribution >= 4 is 11.5 Å². The smallest absolute Gasteiger partial charge is 0.125 e. The molecule has 0 aliphatic heterocycles. The van der Waals surface area contributed by atoms with Crippen LogP contribution >= 0.6 is 11.5 Å². The Balaban J connectivity index is 2.59. The summed E-state index contributed by atoms with van der Waals surface area (Å²) in [6.45, 7) is 1.99. The van der Waals surface area contributed by atoms with Gasteiger partial charge in [-0.1, -0.05) is 12.1 Å². The highest BCUT2D eigenvalue weighted by Gasteiger charge is 2.07. The van der Waals surface area contributed by atoms with Gasteiger partial charge in [-0.15, -0.1) is 0 Å². The fourth-order valence-electron chi connectivity index (χ4n) is 1.22. The van der Waals surface area contributed by atoms with Gasteiger partial charge in [0, 0.05) is 10.9 Å². The molecule has 1 heterocycles. The van der Waals surface area contributed by atoms with E-state index in [2.05, 4.69) is 4.37 Å². The minimum absolute atomic E-state index is 0.288. The van der Waals surface area contributed by atoms with Gasteiger partial charge in [-0.05, 0) is 36.2 Å². The molecule has 0 atom stereocenters. The number of rotatable bonds is 1. The quantitative estimate of drug-likeness (QED) is 0.751. The molecule has 0 saturated carbocycles. The predicted octanol–water partition coefficient (Wildman–Crippen LogP) is 2.82. The molecule has 0 spiro atoms. The summed E-state index contributed by atoms with van der Waals surface area (Å²) in [5, 5.41) is 11.5. The van der Waals surface area contributed by atoms with Crippen molar-refractivity contribution in [3.05, 3.63) is 35.2 Å². The monoisotopic (exact) mass is 191 g/mol. The summed E-state index contributed by atoms with van der Waals surface area (Å²) < 4.78 is 4.23. The zero-order chi connectivity index (χ0) is 9.26. The average molecular weight is 191 g/mol. The Morgan fingerprint density at radius 1 is 1.31 bits per heavy atom. The molecule has 0 amide bonds. The Hall–Kier alpha value is -1.35. The number of benzene rings is 1. The summed E-state index contributed by atoms with van der Waals surface area (Å²) in [6.07, 6.45) is 0. The van der Waals surface area contributed by atoms with Gasteiger partial charge in [0.05, 0.1) is 5.69 Å². The summed E-state index contributed by atoms with van der Waals surface area (Å²) in [5.74, 6) is 0.288. The molecule has 13 heavy (non-hydrogen) atoms. The van der Waals surface area contributed by atoms with Gasteiger partial charge in [0.1, 0.15) is 5.75 Å². The van der Waals surface area contributed by atoms with E-state index in [1.165, 1.54) is 11.5 Å². The van der Waals surface area contributed by atoms with Gasteiger partial charge < -0.3 is 5.11 Å². The van der Waals surface area contributed by atoms with Crippen LogP contribution in [-0.2, 0) is 0 Å². The first kappa shape index (κ1) is 8.26. The number of aryl methyl sites for hydroxylation is 1. The van der Waals surface area contributed by atoms with E-state index in [-0.39, 0.29) is 5.75 Å². The second kappa shape index (κ2) is 3.18. The zero-order valence-electron chi connectivity index (χ0n) is 7.19. The van der Waals surface area contributed by atoms with E-state index in [0.717, 1.165) is 16.8 Å². The van der Waals surface area contributed by atoms with Crippen molar-refractivity contribution < 1.29 is 5.11 Å². The van der Waals surface area contributed by atoms with Crippen molar-refractivity contribution in [2.45, 2.75) is 6.92 Å². The predicted molar refractivity (Wildman–Crippen MR) is 54.0 cm³/mol. The third-order valence-corrected chi connectivity index (χ3v) is 2.65. The molecule has 0 unspecified atom stereocenters. The largest absolute Gasteiger partial charge is 0.507 e. The fourth-order valence-corrected chi connectivity index (χ4v) is 1.89. The molecular formula is C10H9NOS. The summed E-state index contributed by atoms with van der Waals surface area (Å²) in [6, 6.07) is 7.25. The van der Waals surface area contributed by atoms with Crippen LogP contribution in [0, 0.1) is 6.92 Å². The SMILES string of the molecule is Cc1csnc1-c1ccccc1O. The Morgan fingerprint density at radius 2 is 2.08 bits per heavy atom. The van der Waals surface area contributed by atoms with Gasteiger partial charge in [-0.2, -0.15) is 4.37 Å². The van der Waals surface area contributed by atoms with Crippen LogP contribution in [0.3, 0.4) is 0 Å². The molecule has 0 saturated heterocycles. The highest BCUT2D eigenvalue weighted by molar-refractivity contribution is 7.04. The molecule has 1 N–H and O–H groups in total. The molecule has 0 bridgehead atoms. The number of hydrogen-bond donors (Lipinski definition) is 1. The highest BCUT2D eigenvalue weighted by atomic mass is 32.1. The van der Waals surface area contributed by atoms with Crippen molar-refractivity contribution in [2.75, 3.05) is 0 Å². The lowest BCUT2D eigenvalue weighted by molar-refractivity contribution is 0.477. The normalized spacial score (nSPS) is 10.2. The highest BCUT2D eigenvalue weighted by Crippen LogP contribution is 2.30. The van der Waals surface area contributed by atoms with Crippen molar-refractivity contribution in [2.24, 2.45) is 0 Å². The van der Waals surface area contributed by atoms with Crippen LogP contribution in [0.5, 0.6) is 5.75 Å².